The highest BCUT2D eigenvalue weighted by Gasteiger charge is 2.21. The number of hydrogen-bond acceptors (Lipinski definition) is 3. The molecule has 6 nitrogen and oxygen atoms in total. The zero-order chi connectivity index (χ0) is 12.0. The first-order valence-electron chi connectivity index (χ1n) is 4.63. The first-order valence-corrected chi connectivity index (χ1v) is 4.63. The number of carbonyl (C=O) groups excluding carboxylic acids is 2. The molecule has 0 aliphatic heterocycles. The van der Waals surface area contributed by atoms with Crippen LogP contribution >= 0.6 is 0 Å². The van der Waals surface area contributed by atoms with Gasteiger partial charge >= 0.3 is 5.97 Å². The SMILES string of the molecule is CC(C)CC(=O)NC(CC(=O)O)C(N)=O. The van der Waals surface area contributed by atoms with Crippen LogP contribution in [0, 0.1) is 5.92 Å². The van der Waals surface area contributed by atoms with Crippen LogP contribution in [0.3, 0.4) is 0 Å². The predicted octanol–water partition coefficient (Wildman–Crippen LogP) is -0.523. The van der Waals surface area contributed by atoms with Crippen LogP contribution in [0.4, 0.5) is 0 Å². The van der Waals surface area contributed by atoms with Gasteiger partial charge in [0.2, 0.25) is 11.8 Å². The van der Waals surface area contributed by atoms with E-state index in [0.29, 0.717) is 0 Å². The normalized spacial score (nSPS) is 12.2. The topological polar surface area (TPSA) is 109 Å². The average molecular weight is 216 g/mol. The van der Waals surface area contributed by atoms with Crippen molar-refractivity contribution in [2.75, 3.05) is 0 Å². The summed E-state index contributed by atoms with van der Waals surface area (Å²) in [5, 5.41) is 10.8. The largest absolute Gasteiger partial charge is 0.481 e. The molecule has 0 heterocycles. The van der Waals surface area contributed by atoms with Crippen molar-refractivity contribution >= 4 is 17.8 Å². The van der Waals surface area contributed by atoms with E-state index in [1.165, 1.54) is 0 Å². The Morgan fingerprint density at radius 3 is 2.13 bits per heavy atom. The molecule has 0 radical (unpaired) electrons. The van der Waals surface area contributed by atoms with Crippen LogP contribution in [0.2, 0.25) is 0 Å². The zero-order valence-electron chi connectivity index (χ0n) is 8.82. The van der Waals surface area contributed by atoms with Crippen molar-refractivity contribution in [1.82, 2.24) is 5.32 Å². The molecule has 0 aliphatic carbocycles. The monoisotopic (exact) mass is 216 g/mol. The number of rotatable bonds is 6. The van der Waals surface area contributed by atoms with E-state index in [1.807, 2.05) is 13.8 Å². The fourth-order valence-electron chi connectivity index (χ4n) is 1.02. The summed E-state index contributed by atoms with van der Waals surface area (Å²) in [5.41, 5.74) is 4.95. The summed E-state index contributed by atoms with van der Waals surface area (Å²) in [6, 6.07) is -1.13. The van der Waals surface area contributed by atoms with Crippen molar-refractivity contribution in [3.63, 3.8) is 0 Å². The van der Waals surface area contributed by atoms with Crippen molar-refractivity contribution in [2.45, 2.75) is 32.7 Å². The molecule has 0 fully saturated rings. The van der Waals surface area contributed by atoms with Crippen molar-refractivity contribution in [3.05, 3.63) is 0 Å². The van der Waals surface area contributed by atoms with E-state index in [-0.39, 0.29) is 18.2 Å². The van der Waals surface area contributed by atoms with Crippen molar-refractivity contribution < 1.29 is 19.5 Å². The van der Waals surface area contributed by atoms with E-state index >= 15 is 0 Å². The molecule has 2 amide bonds. The summed E-state index contributed by atoms with van der Waals surface area (Å²) < 4.78 is 0. The number of amides is 2. The van der Waals surface area contributed by atoms with E-state index < -0.39 is 24.3 Å². The molecule has 4 N–H and O–H groups in total. The van der Waals surface area contributed by atoms with Gasteiger partial charge in [-0.15, -0.1) is 0 Å². The van der Waals surface area contributed by atoms with Gasteiger partial charge < -0.3 is 16.2 Å². The smallest absolute Gasteiger partial charge is 0.305 e. The number of primary amides is 1. The van der Waals surface area contributed by atoms with Crippen LogP contribution in [-0.4, -0.2) is 28.9 Å². The van der Waals surface area contributed by atoms with Gasteiger partial charge in [-0.25, -0.2) is 0 Å². The van der Waals surface area contributed by atoms with Crippen molar-refractivity contribution in [3.8, 4) is 0 Å². The highest BCUT2D eigenvalue weighted by Crippen LogP contribution is 2.00. The Labute approximate surface area is 87.8 Å². The van der Waals surface area contributed by atoms with Crippen LogP contribution in [0.25, 0.3) is 0 Å². The Morgan fingerprint density at radius 1 is 1.27 bits per heavy atom. The van der Waals surface area contributed by atoms with Gasteiger partial charge in [0.25, 0.3) is 0 Å². The lowest BCUT2D eigenvalue weighted by Gasteiger charge is -2.14. The molecule has 0 spiro atoms. The molecule has 0 aromatic carbocycles. The van der Waals surface area contributed by atoms with Crippen molar-refractivity contribution in [1.29, 1.82) is 0 Å². The Kier molecular flexibility index (Phi) is 5.36. The van der Waals surface area contributed by atoms with Crippen LogP contribution in [0.5, 0.6) is 0 Å². The molecular weight excluding hydrogens is 200 g/mol. The minimum atomic E-state index is -1.18. The lowest BCUT2D eigenvalue weighted by atomic mass is 10.1. The van der Waals surface area contributed by atoms with Gasteiger partial charge in [-0.1, -0.05) is 13.8 Å². The first-order chi connectivity index (χ1) is 6.82. The standard InChI is InChI=1S/C9H16N2O4/c1-5(2)3-7(12)11-6(9(10)15)4-8(13)14/h5-6H,3-4H2,1-2H3,(H2,10,15)(H,11,12)(H,13,14). The summed E-state index contributed by atoms with van der Waals surface area (Å²) in [6.45, 7) is 3.69. The lowest BCUT2D eigenvalue weighted by molar-refractivity contribution is -0.140. The number of hydrogen-bond donors (Lipinski definition) is 3. The maximum atomic E-state index is 11.2. The van der Waals surface area contributed by atoms with Crippen LogP contribution in [-0.2, 0) is 14.4 Å². The lowest BCUT2D eigenvalue weighted by Crippen LogP contribution is -2.45. The molecule has 0 aromatic heterocycles. The van der Waals surface area contributed by atoms with Crippen molar-refractivity contribution in [2.24, 2.45) is 11.7 Å². The van der Waals surface area contributed by atoms with Gasteiger partial charge in [0.15, 0.2) is 0 Å². The third-order valence-corrected chi connectivity index (χ3v) is 1.65. The third kappa shape index (κ3) is 6.48. The van der Waals surface area contributed by atoms with Crippen LogP contribution in [0.1, 0.15) is 26.7 Å². The van der Waals surface area contributed by atoms with E-state index in [0.717, 1.165) is 0 Å². The molecule has 0 aromatic rings. The summed E-state index contributed by atoms with van der Waals surface area (Å²) in [5.74, 6) is -2.24. The maximum Gasteiger partial charge on any atom is 0.305 e. The Hall–Kier alpha value is -1.59. The third-order valence-electron chi connectivity index (χ3n) is 1.65. The highest BCUT2D eigenvalue weighted by molar-refractivity contribution is 5.89. The maximum absolute atomic E-state index is 11.2. The fraction of sp³-hybridized carbons (Fsp3) is 0.667. The summed E-state index contributed by atoms with van der Waals surface area (Å²) in [7, 11) is 0. The van der Waals surface area contributed by atoms with Gasteiger partial charge in [0, 0.05) is 6.42 Å². The fourth-order valence-corrected chi connectivity index (χ4v) is 1.02. The number of nitrogens with two attached hydrogens (primary N) is 1. The van der Waals surface area contributed by atoms with Crippen LogP contribution in [0.15, 0.2) is 0 Å². The highest BCUT2D eigenvalue weighted by atomic mass is 16.4. The Balaban J connectivity index is 4.22. The number of nitrogens with one attached hydrogen (secondary N) is 1. The molecule has 1 unspecified atom stereocenters. The number of aliphatic carboxylic acids is 1. The number of carboxylic acid groups (broad SMARTS) is 1. The van der Waals surface area contributed by atoms with Gasteiger partial charge in [-0.3, -0.25) is 14.4 Å². The molecule has 86 valence electrons. The van der Waals surface area contributed by atoms with Crippen LogP contribution < -0.4 is 11.1 Å². The Bertz CT molecular complexity index is 263. The molecule has 0 rings (SSSR count). The quantitative estimate of drug-likeness (QED) is 0.554. The summed E-state index contributed by atoms with van der Waals surface area (Å²) in [6.07, 6.45) is -0.247. The molecular formula is C9H16N2O4. The average Bonchev–Trinajstić information content (AvgIpc) is 1.99. The molecule has 6 heteroatoms. The molecule has 1 atom stereocenters. The summed E-state index contributed by atoms with van der Waals surface area (Å²) in [4.78, 5) is 32.4. The van der Waals surface area contributed by atoms with Gasteiger partial charge in [0.05, 0.1) is 6.42 Å². The second kappa shape index (κ2) is 6.00. The van der Waals surface area contributed by atoms with E-state index in [4.69, 9.17) is 10.8 Å². The first kappa shape index (κ1) is 13.4. The predicted molar refractivity (Wildman–Crippen MR) is 52.8 cm³/mol. The van der Waals surface area contributed by atoms with E-state index in [2.05, 4.69) is 5.32 Å². The number of carbonyl (C=O) groups is 3. The number of carboxylic acids is 1. The minimum absolute atomic E-state index is 0.142. The van der Waals surface area contributed by atoms with Gasteiger partial charge in [0.1, 0.15) is 6.04 Å². The molecule has 0 saturated heterocycles. The molecule has 0 aliphatic rings. The molecule has 0 bridgehead atoms. The van der Waals surface area contributed by atoms with E-state index in [9.17, 15) is 14.4 Å². The minimum Gasteiger partial charge on any atom is -0.481 e. The van der Waals surface area contributed by atoms with E-state index in [1.54, 1.807) is 0 Å². The molecule has 0 saturated carbocycles. The van der Waals surface area contributed by atoms with Gasteiger partial charge in [-0.05, 0) is 5.92 Å². The Morgan fingerprint density at radius 2 is 1.80 bits per heavy atom. The zero-order valence-corrected chi connectivity index (χ0v) is 8.82. The molecule has 15 heavy (non-hydrogen) atoms. The van der Waals surface area contributed by atoms with Gasteiger partial charge in [-0.2, -0.15) is 0 Å². The summed E-state index contributed by atoms with van der Waals surface area (Å²) >= 11 is 0. The second-order valence-electron chi connectivity index (χ2n) is 3.72. The second-order valence-corrected chi connectivity index (χ2v) is 3.72.